The maximum atomic E-state index is 5.78. The van der Waals surface area contributed by atoms with Gasteiger partial charge < -0.3 is 9.84 Å². The Labute approximate surface area is 117 Å². The van der Waals surface area contributed by atoms with E-state index in [2.05, 4.69) is 41.2 Å². The monoisotopic (exact) mass is 280 g/mol. The zero-order valence-corrected chi connectivity index (χ0v) is 12.0. The number of hydrogen-bond acceptors (Lipinski definition) is 5. The molecule has 2 heterocycles. The van der Waals surface area contributed by atoms with Crippen LogP contribution in [0.4, 0.5) is 0 Å². The molecule has 5 nitrogen and oxygen atoms in total. The van der Waals surface area contributed by atoms with Crippen LogP contribution in [0, 0.1) is 0 Å². The Hall–Kier alpha value is -1.46. The van der Waals surface area contributed by atoms with Gasteiger partial charge in [0.05, 0.1) is 5.02 Å². The van der Waals surface area contributed by atoms with Gasteiger partial charge in [0.15, 0.2) is 0 Å². The smallest absolute Gasteiger partial charge is 0.228 e. The largest absolute Gasteiger partial charge is 0.339 e. The summed E-state index contributed by atoms with van der Waals surface area (Å²) in [7, 11) is 0. The van der Waals surface area contributed by atoms with Crippen molar-refractivity contribution < 1.29 is 4.52 Å². The van der Waals surface area contributed by atoms with Crippen LogP contribution < -0.4 is 5.32 Å². The Balaban J connectivity index is 1.97. The summed E-state index contributed by atoms with van der Waals surface area (Å²) in [5.74, 6) is 1.09. The lowest BCUT2D eigenvalue weighted by Crippen LogP contribution is -2.37. The molecule has 102 valence electrons. The van der Waals surface area contributed by atoms with Crippen molar-refractivity contribution >= 4 is 11.6 Å². The summed E-state index contributed by atoms with van der Waals surface area (Å²) in [5, 5.41) is 7.86. The quantitative estimate of drug-likeness (QED) is 0.933. The Kier molecular flexibility index (Phi) is 4.17. The fourth-order valence-corrected chi connectivity index (χ4v) is 1.62. The molecule has 0 radical (unpaired) electrons. The Morgan fingerprint density at radius 1 is 1.32 bits per heavy atom. The molecule has 0 amide bonds. The van der Waals surface area contributed by atoms with Gasteiger partial charge in [-0.3, -0.25) is 4.98 Å². The van der Waals surface area contributed by atoms with Gasteiger partial charge in [-0.1, -0.05) is 16.8 Å². The van der Waals surface area contributed by atoms with Crippen LogP contribution in [0.15, 0.2) is 22.9 Å². The molecule has 0 fully saturated rings. The SMILES string of the molecule is CC(C)(C)NCCc1nc(-c2ccc(Cl)cn2)no1. The lowest BCUT2D eigenvalue weighted by molar-refractivity contribution is 0.362. The van der Waals surface area contributed by atoms with Crippen molar-refractivity contribution in [3.05, 3.63) is 29.2 Å². The number of rotatable bonds is 4. The molecule has 0 aliphatic carbocycles. The van der Waals surface area contributed by atoms with Crippen LogP contribution >= 0.6 is 11.6 Å². The highest BCUT2D eigenvalue weighted by atomic mass is 35.5. The molecule has 2 aromatic rings. The fourth-order valence-electron chi connectivity index (χ4n) is 1.51. The van der Waals surface area contributed by atoms with Gasteiger partial charge in [-0.05, 0) is 32.9 Å². The molecule has 0 aromatic carbocycles. The second-order valence-electron chi connectivity index (χ2n) is 5.30. The van der Waals surface area contributed by atoms with Crippen molar-refractivity contribution in [1.82, 2.24) is 20.4 Å². The summed E-state index contributed by atoms with van der Waals surface area (Å²) in [6.07, 6.45) is 2.26. The summed E-state index contributed by atoms with van der Waals surface area (Å²) in [6.45, 7) is 7.14. The van der Waals surface area contributed by atoms with E-state index in [4.69, 9.17) is 16.1 Å². The average Bonchev–Trinajstić information content (AvgIpc) is 2.77. The highest BCUT2D eigenvalue weighted by Crippen LogP contribution is 2.15. The molecular weight excluding hydrogens is 264 g/mol. The minimum atomic E-state index is 0.0839. The first-order chi connectivity index (χ1) is 8.94. The molecule has 0 aliphatic heterocycles. The van der Waals surface area contributed by atoms with Gasteiger partial charge >= 0.3 is 0 Å². The minimum Gasteiger partial charge on any atom is -0.339 e. The van der Waals surface area contributed by atoms with Crippen LogP contribution in [0.25, 0.3) is 11.5 Å². The van der Waals surface area contributed by atoms with Crippen molar-refractivity contribution in [3.8, 4) is 11.5 Å². The lowest BCUT2D eigenvalue weighted by atomic mass is 10.1. The standard InChI is InChI=1S/C13H17ClN4O/c1-13(2,3)16-7-6-11-17-12(18-19-11)10-5-4-9(14)8-15-10/h4-5,8,16H,6-7H2,1-3H3. The summed E-state index contributed by atoms with van der Waals surface area (Å²) < 4.78 is 5.19. The predicted molar refractivity (Wildman–Crippen MR) is 74.0 cm³/mol. The van der Waals surface area contributed by atoms with E-state index in [1.807, 2.05) is 0 Å². The van der Waals surface area contributed by atoms with Crippen LogP contribution in [0.1, 0.15) is 26.7 Å². The topological polar surface area (TPSA) is 63.8 Å². The maximum Gasteiger partial charge on any atom is 0.228 e. The van der Waals surface area contributed by atoms with Crippen LogP contribution in [-0.4, -0.2) is 27.2 Å². The highest BCUT2D eigenvalue weighted by Gasteiger charge is 2.12. The van der Waals surface area contributed by atoms with Gasteiger partial charge in [-0.15, -0.1) is 0 Å². The first kappa shape index (κ1) is 14.0. The minimum absolute atomic E-state index is 0.0839. The Morgan fingerprint density at radius 2 is 2.11 bits per heavy atom. The van der Waals surface area contributed by atoms with Crippen molar-refractivity contribution in [2.24, 2.45) is 0 Å². The van der Waals surface area contributed by atoms with Crippen molar-refractivity contribution in [2.75, 3.05) is 6.54 Å². The third kappa shape index (κ3) is 4.29. The maximum absolute atomic E-state index is 5.78. The van der Waals surface area contributed by atoms with Crippen LogP contribution in [0.2, 0.25) is 5.02 Å². The molecule has 0 saturated heterocycles. The van der Waals surface area contributed by atoms with Crippen LogP contribution in [-0.2, 0) is 6.42 Å². The summed E-state index contributed by atoms with van der Waals surface area (Å²) >= 11 is 5.78. The van der Waals surface area contributed by atoms with Crippen LogP contribution in [0.5, 0.6) is 0 Å². The zero-order valence-electron chi connectivity index (χ0n) is 11.3. The van der Waals surface area contributed by atoms with Gasteiger partial charge in [-0.2, -0.15) is 4.98 Å². The van der Waals surface area contributed by atoms with E-state index in [9.17, 15) is 0 Å². The van der Waals surface area contributed by atoms with Gasteiger partial charge in [0.2, 0.25) is 11.7 Å². The van der Waals surface area contributed by atoms with E-state index in [1.54, 1.807) is 18.3 Å². The van der Waals surface area contributed by atoms with Crippen LogP contribution in [0.3, 0.4) is 0 Å². The van der Waals surface area contributed by atoms with Crippen molar-refractivity contribution in [1.29, 1.82) is 0 Å². The van der Waals surface area contributed by atoms with E-state index in [0.29, 0.717) is 28.9 Å². The number of nitrogens with zero attached hydrogens (tertiary/aromatic N) is 3. The highest BCUT2D eigenvalue weighted by molar-refractivity contribution is 6.30. The lowest BCUT2D eigenvalue weighted by Gasteiger charge is -2.19. The molecule has 0 unspecified atom stereocenters. The summed E-state index contributed by atoms with van der Waals surface area (Å²) in [5.41, 5.74) is 0.740. The second kappa shape index (κ2) is 5.67. The number of nitrogens with one attached hydrogen (secondary N) is 1. The van der Waals surface area contributed by atoms with E-state index < -0.39 is 0 Å². The molecule has 0 aliphatic rings. The van der Waals surface area contributed by atoms with Gasteiger partial charge in [0, 0.05) is 24.7 Å². The third-order valence-corrected chi connectivity index (χ3v) is 2.64. The number of hydrogen-bond donors (Lipinski definition) is 1. The molecule has 6 heteroatoms. The number of halogens is 1. The van der Waals surface area contributed by atoms with E-state index in [-0.39, 0.29) is 5.54 Å². The van der Waals surface area contributed by atoms with E-state index >= 15 is 0 Å². The Bertz CT molecular complexity index is 530. The van der Waals surface area contributed by atoms with Crippen molar-refractivity contribution in [3.63, 3.8) is 0 Å². The third-order valence-electron chi connectivity index (χ3n) is 2.42. The number of pyridine rings is 1. The van der Waals surface area contributed by atoms with Gasteiger partial charge in [0.1, 0.15) is 5.69 Å². The molecule has 0 atom stereocenters. The summed E-state index contributed by atoms with van der Waals surface area (Å²) in [4.78, 5) is 8.46. The molecule has 0 saturated carbocycles. The fraction of sp³-hybridized carbons (Fsp3) is 0.462. The molecule has 19 heavy (non-hydrogen) atoms. The second-order valence-corrected chi connectivity index (χ2v) is 5.74. The zero-order chi connectivity index (χ0) is 13.9. The summed E-state index contributed by atoms with van der Waals surface area (Å²) in [6, 6.07) is 3.52. The molecule has 1 N–H and O–H groups in total. The molecular formula is C13H17ClN4O. The van der Waals surface area contributed by atoms with E-state index in [1.165, 1.54) is 0 Å². The Morgan fingerprint density at radius 3 is 2.74 bits per heavy atom. The molecule has 0 spiro atoms. The predicted octanol–water partition coefficient (Wildman–Crippen LogP) is 2.72. The first-order valence-electron chi connectivity index (χ1n) is 6.13. The molecule has 2 rings (SSSR count). The van der Waals surface area contributed by atoms with Gasteiger partial charge in [0.25, 0.3) is 0 Å². The first-order valence-corrected chi connectivity index (χ1v) is 6.51. The average molecular weight is 281 g/mol. The molecule has 2 aromatic heterocycles. The van der Waals surface area contributed by atoms with E-state index in [0.717, 1.165) is 6.54 Å². The van der Waals surface area contributed by atoms with Gasteiger partial charge in [-0.25, -0.2) is 0 Å². The molecule has 0 bridgehead atoms. The number of aromatic nitrogens is 3. The van der Waals surface area contributed by atoms with Crippen molar-refractivity contribution in [2.45, 2.75) is 32.7 Å². The normalized spacial score (nSPS) is 11.8.